The Labute approximate surface area is 126 Å². The minimum Gasteiger partial charge on any atom is -0.386 e. The van der Waals surface area contributed by atoms with E-state index < -0.39 is 6.10 Å². The molecular weight excluding hydrogens is 318 g/mol. The highest BCUT2D eigenvalue weighted by Crippen LogP contribution is 2.21. The van der Waals surface area contributed by atoms with Crippen molar-refractivity contribution < 1.29 is 5.11 Å². The number of aliphatic hydroxyl groups excluding tert-OH is 1. The maximum absolute atomic E-state index is 10.3. The molecule has 2 rings (SSSR count). The number of aromatic nitrogens is 1. The highest BCUT2D eigenvalue weighted by Gasteiger charge is 2.16. The Hall–Kier alpha value is -1.90. The van der Waals surface area contributed by atoms with E-state index in [1.807, 2.05) is 37.3 Å². The Morgan fingerprint density at radius 1 is 1.25 bits per heavy atom. The predicted octanol–water partition coefficient (Wildman–Crippen LogP) is 3.25. The van der Waals surface area contributed by atoms with Crippen molar-refractivity contribution in [2.24, 2.45) is 0 Å². The molecule has 0 fully saturated rings. The van der Waals surface area contributed by atoms with Gasteiger partial charge in [-0.15, -0.1) is 0 Å². The minimum atomic E-state index is -0.638. The van der Waals surface area contributed by atoms with Crippen LogP contribution >= 0.6 is 15.9 Å². The van der Waals surface area contributed by atoms with Crippen LogP contribution in [0.5, 0.6) is 0 Å². The van der Waals surface area contributed by atoms with Gasteiger partial charge in [0.25, 0.3) is 0 Å². The number of nitrogens with one attached hydrogen (secondary N) is 1. The summed E-state index contributed by atoms with van der Waals surface area (Å²) in [7, 11) is 0. The largest absolute Gasteiger partial charge is 0.386 e. The van der Waals surface area contributed by atoms with Gasteiger partial charge in [0, 0.05) is 10.7 Å². The molecule has 2 aromatic rings. The number of nitrogens with zero attached hydrogens (tertiary/aromatic N) is 2. The number of anilines is 1. The molecule has 102 valence electrons. The van der Waals surface area contributed by atoms with E-state index in [-0.39, 0.29) is 6.04 Å². The van der Waals surface area contributed by atoms with Crippen molar-refractivity contribution in [3.63, 3.8) is 0 Å². The van der Waals surface area contributed by atoms with Crippen molar-refractivity contribution in [1.82, 2.24) is 4.98 Å². The van der Waals surface area contributed by atoms with Crippen molar-refractivity contribution in [2.75, 3.05) is 5.32 Å². The average molecular weight is 332 g/mol. The summed E-state index contributed by atoms with van der Waals surface area (Å²) in [6.07, 6.45) is 0.863. The fraction of sp³-hybridized carbons (Fsp3) is 0.200. The van der Waals surface area contributed by atoms with Gasteiger partial charge in [-0.1, -0.05) is 28.1 Å². The molecule has 2 atom stereocenters. The van der Waals surface area contributed by atoms with Gasteiger partial charge in [0.2, 0.25) is 0 Å². The van der Waals surface area contributed by atoms with Crippen molar-refractivity contribution in [3.05, 3.63) is 58.2 Å². The molecule has 2 N–H and O–H groups in total. The molecule has 1 heterocycles. The lowest BCUT2D eigenvalue weighted by molar-refractivity contribution is 0.160. The second-order valence-corrected chi connectivity index (χ2v) is 5.39. The molecule has 0 unspecified atom stereocenters. The Kier molecular flexibility index (Phi) is 4.72. The summed E-state index contributed by atoms with van der Waals surface area (Å²) in [5.74, 6) is 0.632. The molecule has 0 aliphatic carbocycles. The molecule has 0 aliphatic heterocycles. The highest BCUT2D eigenvalue weighted by atomic mass is 79.9. The summed E-state index contributed by atoms with van der Waals surface area (Å²) in [5, 5.41) is 22.1. The van der Waals surface area contributed by atoms with Crippen LogP contribution in [0.4, 0.5) is 5.82 Å². The highest BCUT2D eigenvalue weighted by molar-refractivity contribution is 9.10. The lowest BCUT2D eigenvalue weighted by atomic mass is 10.0. The van der Waals surface area contributed by atoms with Gasteiger partial charge in [-0.3, -0.25) is 0 Å². The first kappa shape index (κ1) is 14.5. The zero-order valence-corrected chi connectivity index (χ0v) is 12.5. The van der Waals surface area contributed by atoms with E-state index in [0.717, 1.165) is 10.0 Å². The quantitative estimate of drug-likeness (QED) is 0.902. The van der Waals surface area contributed by atoms with E-state index in [2.05, 4.69) is 26.2 Å². The topological polar surface area (TPSA) is 68.9 Å². The number of hydrogen-bond donors (Lipinski definition) is 2. The van der Waals surface area contributed by atoms with Gasteiger partial charge >= 0.3 is 0 Å². The number of rotatable bonds is 4. The second kappa shape index (κ2) is 6.51. The van der Waals surface area contributed by atoms with Gasteiger partial charge < -0.3 is 10.4 Å². The van der Waals surface area contributed by atoms with E-state index in [0.29, 0.717) is 11.4 Å². The van der Waals surface area contributed by atoms with Crippen LogP contribution in [-0.4, -0.2) is 16.1 Å². The summed E-state index contributed by atoms with van der Waals surface area (Å²) < 4.78 is 0.975. The van der Waals surface area contributed by atoms with Crippen LogP contribution in [-0.2, 0) is 0 Å². The summed E-state index contributed by atoms with van der Waals surface area (Å²) in [6, 6.07) is 12.8. The Morgan fingerprint density at radius 3 is 2.50 bits per heavy atom. The van der Waals surface area contributed by atoms with Crippen LogP contribution in [0, 0.1) is 11.3 Å². The SMILES string of the molecule is C[C@H](Nc1ccc(C#N)cn1)[C@H](O)c1ccc(Br)cc1. The van der Waals surface area contributed by atoms with E-state index in [4.69, 9.17) is 5.26 Å². The molecule has 0 saturated carbocycles. The molecule has 0 radical (unpaired) electrons. The number of benzene rings is 1. The molecule has 0 saturated heterocycles. The van der Waals surface area contributed by atoms with E-state index in [1.165, 1.54) is 6.20 Å². The minimum absolute atomic E-state index is 0.198. The van der Waals surface area contributed by atoms with Crippen molar-refractivity contribution in [3.8, 4) is 6.07 Å². The van der Waals surface area contributed by atoms with E-state index in [9.17, 15) is 5.11 Å². The smallest absolute Gasteiger partial charge is 0.126 e. The average Bonchev–Trinajstić information content (AvgIpc) is 2.48. The molecule has 1 aromatic carbocycles. The number of halogens is 1. The zero-order valence-electron chi connectivity index (χ0n) is 10.9. The van der Waals surface area contributed by atoms with E-state index >= 15 is 0 Å². The first-order valence-corrected chi connectivity index (χ1v) is 6.95. The predicted molar refractivity (Wildman–Crippen MR) is 81.1 cm³/mol. The summed E-state index contributed by atoms with van der Waals surface area (Å²) in [5.41, 5.74) is 1.35. The zero-order chi connectivity index (χ0) is 14.5. The molecule has 0 amide bonds. The van der Waals surface area contributed by atoms with Gasteiger partial charge in [0.15, 0.2) is 0 Å². The van der Waals surface area contributed by atoms with Crippen LogP contribution in [0.3, 0.4) is 0 Å². The summed E-state index contributed by atoms with van der Waals surface area (Å²) in [6.45, 7) is 1.88. The number of aliphatic hydroxyl groups is 1. The Balaban J connectivity index is 2.05. The van der Waals surface area contributed by atoms with Gasteiger partial charge in [-0.2, -0.15) is 5.26 Å². The molecule has 5 heteroatoms. The van der Waals surface area contributed by atoms with Crippen LogP contribution in [0.25, 0.3) is 0 Å². The molecule has 0 aliphatic rings. The molecular formula is C15H14BrN3O. The number of pyridine rings is 1. The van der Waals surface area contributed by atoms with Crippen LogP contribution in [0.2, 0.25) is 0 Å². The van der Waals surface area contributed by atoms with Crippen molar-refractivity contribution in [1.29, 1.82) is 5.26 Å². The van der Waals surface area contributed by atoms with Crippen LogP contribution in [0.15, 0.2) is 47.1 Å². The van der Waals surface area contributed by atoms with Gasteiger partial charge in [-0.05, 0) is 36.8 Å². The van der Waals surface area contributed by atoms with Gasteiger partial charge in [0.1, 0.15) is 11.9 Å². The normalized spacial score (nSPS) is 13.3. The summed E-state index contributed by atoms with van der Waals surface area (Å²) >= 11 is 3.37. The Bertz CT molecular complexity index is 605. The lowest BCUT2D eigenvalue weighted by Crippen LogP contribution is -2.24. The first-order valence-electron chi connectivity index (χ1n) is 6.16. The van der Waals surface area contributed by atoms with Crippen molar-refractivity contribution >= 4 is 21.7 Å². The standard InChI is InChI=1S/C15H14BrN3O/c1-10(15(20)12-3-5-13(16)6-4-12)19-14-7-2-11(8-17)9-18-14/h2-7,9-10,15,20H,1H3,(H,18,19)/t10-,15-/m0/s1. The monoisotopic (exact) mass is 331 g/mol. The lowest BCUT2D eigenvalue weighted by Gasteiger charge is -2.21. The third-order valence-corrected chi connectivity index (χ3v) is 3.48. The first-order chi connectivity index (χ1) is 9.60. The molecule has 0 bridgehead atoms. The third-order valence-electron chi connectivity index (χ3n) is 2.95. The summed E-state index contributed by atoms with van der Waals surface area (Å²) in [4.78, 5) is 4.13. The maximum atomic E-state index is 10.3. The third kappa shape index (κ3) is 3.56. The number of nitriles is 1. The van der Waals surface area contributed by atoms with Gasteiger partial charge in [0.05, 0.1) is 17.7 Å². The molecule has 1 aromatic heterocycles. The fourth-order valence-corrected chi connectivity index (χ4v) is 2.07. The molecule has 4 nitrogen and oxygen atoms in total. The van der Waals surface area contributed by atoms with Crippen LogP contribution in [0.1, 0.15) is 24.2 Å². The molecule has 0 spiro atoms. The van der Waals surface area contributed by atoms with Gasteiger partial charge in [-0.25, -0.2) is 4.98 Å². The fourth-order valence-electron chi connectivity index (χ4n) is 1.81. The van der Waals surface area contributed by atoms with E-state index in [1.54, 1.807) is 12.1 Å². The second-order valence-electron chi connectivity index (χ2n) is 4.47. The maximum Gasteiger partial charge on any atom is 0.126 e. The van der Waals surface area contributed by atoms with Crippen molar-refractivity contribution in [2.45, 2.75) is 19.1 Å². The number of hydrogen-bond acceptors (Lipinski definition) is 4. The van der Waals surface area contributed by atoms with Crippen LogP contribution < -0.4 is 5.32 Å². The molecule has 20 heavy (non-hydrogen) atoms. The Morgan fingerprint density at radius 2 is 1.95 bits per heavy atom.